The van der Waals surface area contributed by atoms with E-state index in [2.05, 4.69) is 0 Å². The molecule has 19 heavy (non-hydrogen) atoms. The normalized spacial score (nSPS) is 20.4. The second kappa shape index (κ2) is 7.13. The molecule has 7 heteroatoms. The summed E-state index contributed by atoms with van der Waals surface area (Å²) < 4.78 is 16.0. The van der Waals surface area contributed by atoms with Gasteiger partial charge >= 0.3 is 8.80 Å². The average Bonchev–Trinajstić information content (AvgIpc) is 2.70. The quantitative estimate of drug-likeness (QED) is 0.493. The van der Waals surface area contributed by atoms with E-state index in [1.165, 1.54) is 4.90 Å². The fourth-order valence-corrected chi connectivity index (χ4v) is 4.18. The molecular weight excluding hydrogens is 266 g/mol. The average molecular weight is 289 g/mol. The Morgan fingerprint density at radius 3 is 2.21 bits per heavy atom. The van der Waals surface area contributed by atoms with E-state index >= 15 is 0 Å². The van der Waals surface area contributed by atoms with Crippen molar-refractivity contribution >= 4 is 20.6 Å². The SMILES string of the molecule is CCN1C(=O)CC(CCC[Si](OC)(OC)OC)C1=O. The number of likely N-dealkylation sites (tertiary alicyclic amines) is 1. The summed E-state index contributed by atoms with van der Waals surface area (Å²) in [5, 5.41) is 0. The van der Waals surface area contributed by atoms with Crippen LogP contribution in [0.15, 0.2) is 0 Å². The zero-order valence-electron chi connectivity index (χ0n) is 12.1. The maximum atomic E-state index is 11.9. The summed E-state index contributed by atoms with van der Waals surface area (Å²) in [6.07, 6.45) is 1.75. The van der Waals surface area contributed by atoms with E-state index in [0.29, 0.717) is 25.4 Å². The molecule has 0 aromatic carbocycles. The van der Waals surface area contributed by atoms with Crippen molar-refractivity contribution in [2.24, 2.45) is 5.92 Å². The van der Waals surface area contributed by atoms with Gasteiger partial charge in [0.25, 0.3) is 0 Å². The predicted octanol–water partition coefficient (Wildman–Crippen LogP) is 1.04. The topological polar surface area (TPSA) is 65.1 Å². The molecule has 1 rings (SSSR count). The van der Waals surface area contributed by atoms with Crippen LogP contribution < -0.4 is 0 Å². The zero-order valence-corrected chi connectivity index (χ0v) is 13.1. The number of amides is 2. The maximum Gasteiger partial charge on any atom is 0.500 e. The van der Waals surface area contributed by atoms with Crippen molar-refractivity contribution in [1.29, 1.82) is 0 Å². The highest BCUT2D eigenvalue weighted by atomic mass is 28.4. The lowest BCUT2D eigenvalue weighted by atomic mass is 10.0. The van der Waals surface area contributed by atoms with Gasteiger partial charge in [-0.25, -0.2) is 0 Å². The summed E-state index contributed by atoms with van der Waals surface area (Å²) in [7, 11) is 2.15. The molecule has 1 atom stereocenters. The molecular formula is C12H23NO5Si. The minimum absolute atomic E-state index is 0.0491. The van der Waals surface area contributed by atoms with Gasteiger partial charge in [0.2, 0.25) is 11.8 Å². The molecule has 2 amide bonds. The van der Waals surface area contributed by atoms with E-state index in [4.69, 9.17) is 13.3 Å². The number of hydrogen-bond acceptors (Lipinski definition) is 5. The van der Waals surface area contributed by atoms with Crippen molar-refractivity contribution in [3.05, 3.63) is 0 Å². The van der Waals surface area contributed by atoms with Crippen LogP contribution in [0, 0.1) is 5.92 Å². The minimum atomic E-state index is -2.56. The summed E-state index contributed by atoms with van der Waals surface area (Å²) in [5.41, 5.74) is 0. The lowest BCUT2D eigenvalue weighted by molar-refractivity contribution is -0.139. The van der Waals surface area contributed by atoms with Crippen LogP contribution in [-0.2, 0) is 22.9 Å². The Hall–Kier alpha value is -0.763. The van der Waals surface area contributed by atoms with Crippen molar-refractivity contribution in [1.82, 2.24) is 4.90 Å². The van der Waals surface area contributed by atoms with Crippen LogP contribution in [0.3, 0.4) is 0 Å². The van der Waals surface area contributed by atoms with Gasteiger partial charge in [-0.2, -0.15) is 0 Å². The first-order valence-electron chi connectivity index (χ1n) is 6.53. The Balaban J connectivity index is 2.46. The zero-order chi connectivity index (χ0) is 14.5. The molecule has 1 saturated heterocycles. The van der Waals surface area contributed by atoms with Gasteiger partial charge in [0.05, 0.1) is 0 Å². The van der Waals surface area contributed by atoms with E-state index in [0.717, 1.165) is 6.42 Å². The van der Waals surface area contributed by atoms with E-state index in [-0.39, 0.29) is 17.7 Å². The third-order valence-corrected chi connectivity index (χ3v) is 6.45. The summed E-state index contributed by atoms with van der Waals surface area (Å²) >= 11 is 0. The smallest absolute Gasteiger partial charge is 0.377 e. The molecule has 1 aliphatic heterocycles. The predicted molar refractivity (Wildman–Crippen MR) is 71.3 cm³/mol. The summed E-state index contributed by atoms with van der Waals surface area (Å²) in [4.78, 5) is 24.9. The number of imide groups is 1. The molecule has 0 radical (unpaired) electrons. The fourth-order valence-electron chi connectivity index (χ4n) is 2.43. The number of rotatable bonds is 8. The lowest BCUT2D eigenvalue weighted by Crippen LogP contribution is -2.42. The van der Waals surface area contributed by atoms with Crippen LogP contribution in [0.4, 0.5) is 0 Å². The standard InChI is InChI=1S/C12H23NO5Si/c1-5-13-11(14)9-10(12(13)15)7-6-8-19(16-2,17-3)18-4/h10H,5-9H2,1-4H3. The van der Waals surface area contributed by atoms with Gasteiger partial charge in [-0.05, 0) is 19.8 Å². The molecule has 0 saturated carbocycles. The summed E-state index contributed by atoms with van der Waals surface area (Å²) in [6, 6.07) is 0.653. The van der Waals surface area contributed by atoms with Crippen molar-refractivity contribution in [3.63, 3.8) is 0 Å². The maximum absolute atomic E-state index is 11.9. The minimum Gasteiger partial charge on any atom is -0.377 e. The van der Waals surface area contributed by atoms with Crippen molar-refractivity contribution in [3.8, 4) is 0 Å². The van der Waals surface area contributed by atoms with Gasteiger partial charge < -0.3 is 13.3 Å². The van der Waals surface area contributed by atoms with Crippen LogP contribution >= 0.6 is 0 Å². The van der Waals surface area contributed by atoms with E-state index < -0.39 is 8.80 Å². The van der Waals surface area contributed by atoms with Crippen molar-refractivity contribution < 1.29 is 22.9 Å². The van der Waals surface area contributed by atoms with Crippen LogP contribution in [-0.4, -0.2) is 53.4 Å². The molecule has 0 N–H and O–H groups in total. The summed E-state index contributed by atoms with van der Waals surface area (Å²) in [6.45, 7) is 2.28. The van der Waals surface area contributed by atoms with Crippen LogP contribution in [0.5, 0.6) is 0 Å². The molecule has 0 bridgehead atoms. The Kier molecular flexibility index (Phi) is 6.12. The first-order chi connectivity index (χ1) is 9.03. The molecule has 110 valence electrons. The fraction of sp³-hybridized carbons (Fsp3) is 0.833. The highest BCUT2D eigenvalue weighted by Crippen LogP contribution is 2.26. The van der Waals surface area contributed by atoms with E-state index in [1.54, 1.807) is 21.3 Å². The van der Waals surface area contributed by atoms with Gasteiger partial charge in [0, 0.05) is 46.3 Å². The third-order valence-electron chi connectivity index (χ3n) is 3.62. The summed E-state index contributed by atoms with van der Waals surface area (Å²) in [5.74, 6) is -0.303. The van der Waals surface area contributed by atoms with Gasteiger partial charge in [0.1, 0.15) is 0 Å². The van der Waals surface area contributed by atoms with Crippen LogP contribution in [0.2, 0.25) is 6.04 Å². The van der Waals surface area contributed by atoms with E-state index in [9.17, 15) is 9.59 Å². The highest BCUT2D eigenvalue weighted by molar-refractivity contribution is 6.60. The molecule has 1 unspecified atom stereocenters. The van der Waals surface area contributed by atoms with Crippen molar-refractivity contribution in [2.75, 3.05) is 27.9 Å². The molecule has 6 nitrogen and oxygen atoms in total. The van der Waals surface area contributed by atoms with Gasteiger partial charge in [0.15, 0.2) is 0 Å². The third kappa shape index (κ3) is 3.62. The second-order valence-electron chi connectivity index (χ2n) is 4.56. The first-order valence-corrected chi connectivity index (χ1v) is 8.46. The Bertz CT molecular complexity index is 324. The van der Waals surface area contributed by atoms with Gasteiger partial charge in [-0.1, -0.05) is 0 Å². The number of carbonyl (C=O) groups excluding carboxylic acids is 2. The highest BCUT2D eigenvalue weighted by Gasteiger charge is 2.40. The largest absolute Gasteiger partial charge is 0.500 e. The molecule has 0 aromatic heterocycles. The Morgan fingerprint density at radius 2 is 1.79 bits per heavy atom. The molecule has 0 aliphatic carbocycles. The molecule has 1 fully saturated rings. The Labute approximate surface area is 115 Å². The van der Waals surface area contributed by atoms with Gasteiger partial charge in [-0.3, -0.25) is 14.5 Å². The van der Waals surface area contributed by atoms with Crippen LogP contribution in [0.25, 0.3) is 0 Å². The van der Waals surface area contributed by atoms with E-state index in [1.807, 2.05) is 6.92 Å². The van der Waals surface area contributed by atoms with Crippen LogP contribution in [0.1, 0.15) is 26.2 Å². The monoisotopic (exact) mass is 289 g/mol. The number of carbonyl (C=O) groups is 2. The number of hydrogen-bond donors (Lipinski definition) is 0. The number of nitrogens with zero attached hydrogens (tertiary/aromatic N) is 1. The molecule has 1 aliphatic rings. The second-order valence-corrected chi connectivity index (χ2v) is 7.66. The van der Waals surface area contributed by atoms with Gasteiger partial charge in [-0.15, -0.1) is 0 Å². The Morgan fingerprint density at radius 1 is 1.21 bits per heavy atom. The molecule has 0 aromatic rings. The van der Waals surface area contributed by atoms with Crippen molar-refractivity contribution in [2.45, 2.75) is 32.2 Å². The first kappa shape index (κ1) is 16.3. The molecule has 0 spiro atoms. The molecule has 1 heterocycles. The lowest BCUT2D eigenvalue weighted by Gasteiger charge is -2.24.